The number of hydrogen-bond acceptors (Lipinski definition) is 2. The fourth-order valence-electron chi connectivity index (χ4n) is 0.642. The first-order chi connectivity index (χ1) is 5.13. The Balaban J connectivity index is 3.23. The Morgan fingerprint density at radius 2 is 2.18 bits per heavy atom. The standard InChI is InChI=1S/C9H16O2/c1-8(2)6-4-5-7-11-9(3)10/h5,7-8H,4,6H2,1-3H3. The zero-order valence-electron chi connectivity index (χ0n) is 7.46. The van der Waals surface area contributed by atoms with Crippen molar-refractivity contribution >= 4 is 5.97 Å². The summed E-state index contributed by atoms with van der Waals surface area (Å²) in [5.74, 6) is 0.447. The Kier molecular flexibility index (Phi) is 5.53. The molecule has 0 spiro atoms. The smallest absolute Gasteiger partial charge is 0.307 e. The summed E-state index contributed by atoms with van der Waals surface area (Å²) in [6, 6.07) is 0. The fourth-order valence-corrected chi connectivity index (χ4v) is 0.642. The van der Waals surface area contributed by atoms with E-state index in [0.717, 1.165) is 12.8 Å². The molecule has 0 unspecified atom stereocenters. The van der Waals surface area contributed by atoms with E-state index < -0.39 is 0 Å². The third-order valence-electron chi connectivity index (χ3n) is 1.24. The highest BCUT2D eigenvalue weighted by Gasteiger charge is 1.90. The molecule has 0 radical (unpaired) electrons. The summed E-state index contributed by atoms with van der Waals surface area (Å²) in [6.45, 7) is 5.73. The van der Waals surface area contributed by atoms with Crippen molar-refractivity contribution in [2.75, 3.05) is 0 Å². The van der Waals surface area contributed by atoms with Crippen LogP contribution in [0.3, 0.4) is 0 Å². The van der Waals surface area contributed by atoms with Gasteiger partial charge in [-0.3, -0.25) is 4.79 Å². The van der Waals surface area contributed by atoms with Crippen LogP contribution >= 0.6 is 0 Å². The first-order valence-electron chi connectivity index (χ1n) is 3.95. The second-order valence-electron chi connectivity index (χ2n) is 2.95. The van der Waals surface area contributed by atoms with Crippen LogP contribution in [0.4, 0.5) is 0 Å². The lowest BCUT2D eigenvalue weighted by Gasteiger charge is -1.98. The molecule has 0 N–H and O–H groups in total. The van der Waals surface area contributed by atoms with Crippen LogP contribution in [0.25, 0.3) is 0 Å². The third-order valence-corrected chi connectivity index (χ3v) is 1.24. The molecule has 0 bridgehead atoms. The van der Waals surface area contributed by atoms with E-state index in [1.807, 2.05) is 6.08 Å². The minimum absolute atomic E-state index is 0.259. The number of carbonyl (C=O) groups excluding carboxylic acids is 1. The van der Waals surface area contributed by atoms with Crippen LogP contribution in [0.2, 0.25) is 0 Å². The highest BCUT2D eigenvalue weighted by atomic mass is 16.5. The van der Waals surface area contributed by atoms with Gasteiger partial charge in [0.25, 0.3) is 0 Å². The van der Waals surface area contributed by atoms with Gasteiger partial charge in [-0.1, -0.05) is 13.8 Å². The van der Waals surface area contributed by atoms with Crippen molar-refractivity contribution in [3.8, 4) is 0 Å². The zero-order chi connectivity index (χ0) is 8.69. The molecule has 0 atom stereocenters. The van der Waals surface area contributed by atoms with E-state index in [-0.39, 0.29) is 5.97 Å². The van der Waals surface area contributed by atoms with E-state index in [1.54, 1.807) is 0 Å². The minimum atomic E-state index is -0.259. The zero-order valence-corrected chi connectivity index (χ0v) is 7.46. The quantitative estimate of drug-likeness (QED) is 0.461. The maximum Gasteiger partial charge on any atom is 0.307 e. The summed E-state index contributed by atoms with van der Waals surface area (Å²) in [5, 5.41) is 0. The minimum Gasteiger partial charge on any atom is -0.435 e. The Bertz CT molecular complexity index is 136. The predicted molar refractivity (Wildman–Crippen MR) is 45.0 cm³/mol. The van der Waals surface area contributed by atoms with Gasteiger partial charge in [-0.25, -0.2) is 0 Å². The molecule has 0 heterocycles. The van der Waals surface area contributed by atoms with Crippen LogP contribution in [-0.2, 0) is 9.53 Å². The highest BCUT2D eigenvalue weighted by Crippen LogP contribution is 2.03. The van der Waals surface area contributed by atoms with Crippen LogP contribution in [0.5, 0.6) is 0 Å². The lowest BCUT2D eigenvalue weighted by Crippen LogP contribution is -1.89. The van der Waals surface area contributed by atoms with Crippen molar-refractivity contribution in [3.63, 3.8) is 0 Å². The molecule has 0 amide bonds. The molecule has 2 heteroatoms. The summed E-state index contributed by atoms with van der Waals surface area (Å²) in [5.41, 5.74) is 0. The summed E-state index contributed by atoms with van der Waals surface area (Å²) in [6.07, 6.45) is 5.45. The largest absolute Gasteiger partial charge is 0.435 e. The van der Waals surface area contributed by atoms with Crippen molar-refractivity contribution in [1.29, 1.82) is 0 Å². The molecule has 0 fully saturated rings. The molecule has 0 rings (SSSR count). The molecule has 2 nitrogen and oxygen atoms in total. The molecule has 0 aliphatic rings. The lowest BCUT2D eigenvalue weighted by atomic mass is 10.1. The number of rotatable bonds is 4. The number of allylic oxidation sites excluding steroid dienone is 1. The molecular formula is C9H16O2. The predicted octanol–water partition coefficient (Wildman–Crippen LogP) is 2.50. The van der Waals surface area contributed by atoms with Crippen LogP contribution in [0.15, 0.2) is 12.3 Å². The van der Waals surface area contributed by atoms with E-state index in [2.05, 4.69) is 18.6 Å². The van der Waals surface area contributed by atoms with Gasteiger partial charge in [0.2, 0.25) is 0 Å². The van der Waals surface area contributed by atoms with E-state index in [1.165, 1.54) is 13.2 Å². The number of esters is 1. The average molecular weight is 156 g/mol. The Hall–Kier alpha value is -0.790. The summed E-state index contributed by atoms with van der Waals surface area (Å²) in [4.78, 5) is 10.3. The van der Waals surface area contributed by atoms with Gasteiger partial charge in [0.05, 0.1) is 6.26 Å². The first kappa shape index (κ1) is 10.2. The fraction of sp³-hybridized carbons (Fsp3) is 0.667. The number of carbonyl (C=O) groups is 1. The molecule has 0 aromatic heterocycles. The van der Waals surface area contributed by atoms with Crippen molar-refractivity contribution in [2.45, 2.75) is 33.6 Å². The molecule has 64 valence electrons. The SMILES string of the molecule is CC(=O)OC=CCCC(C)C. The Labute approximate surface area is 68.2 Å². The Morgan fingerprint density at radius 3 is 2.64 bits per heavy atom. The summed E-state index contributed by atoms with van der Waals surface area (Å²) >= 11 is 0. The molecule has 0 aliphatic heterocycles. The molecule has 0 aromatic carbocycles. The maximum atomic E-state index is 10.3. The normalized spacial score (nSPS) is 10.9. The lowest BCUT2D eigenvalue weighted by molar-refractivity contribution is -0.135. The van der Waals surface area contributed by atoms with E-state index >= 15 is 0 Å². The van der Waals surface area contributed by atoms with Crippen molar-refractivity contribution in [2.24, 2.45) is 5.92 Å². The van der Waals surface area contributed by atoms with Gasteiger partial charge in [-0.2, -0.15) is 0 Å². The van der Waals surface area contributed by atoms with Gasteiger partial charge in [0, 0.05) is 6.92 Å². The van der Waals surface area contributed by atoms with Gasteiger partial charge >= 0.3 is 5.97 Å². The van der Waals surface area contributed by atoms with Crippen LogP contribution in [0, 0.1) is 5.92 Å². The maximum absolute atomic E-state index is 10.3. The van der Waals surface area contributed by atoms with Gasteiger partial charge in [0.1, 0.15) is 0 Å². The molecule has 0 saturated carbocycles. The topological polar surface area (TPSA) is 26.3 Å². The van der Waals surface area contributed by atoms with Crippen LogP contribution in [-0.4, -0.2) is 5.97 Å². The van der Waals surface area contributed by atoms with Crippen molar-refractivity contribution in [3.05, 3.63) is 12.3 Å². The van der Waals surface area contributed by atoms with Gasteiger partial charge in [0.15, 0.2) is 0 Å². The number of ether oxygens (including phenoxy) is 1. The second-order valence-corrected chi connectivity index (χ2v) is 2.95. The summed E-state index contributed by atoms with van der Waals surface area (Å²) in [7, 11) is 0. The third kappa shape index (κ3) is 9.21. The van der Waals surface area contributed by atoms with Crippen molar-refractivity contribution < 1.29 is 9.53 Å². The Morgan fingerprint density at radius 1 is 1.55 bits per heavy atom. The number of hydrogen-bond donors (Lipinski definition) is 0. The summed E-state index contributed by atoms with van der Waals surface area (Å²) < 4.78 is 4.60. The van der Waals surface area contributed by atoms with Crippen LogP contribution in [0.1, 0.15) is 33.6 Å². The molecule has 0 aliphatic carbocycles. The second kappa shape index (κ2) is 5.96. The molecule has 0 aromatic rings. The van der Waals surface area contributed by atoms with E-state index in [4.69, 9.17) is 0 Å². The average Bonchev–Trinajstić information content (AvgIpc) is 1.85. The highest BCUT2D eigenvalue weighted by molar-refractivity contribution is 5.66. The van der Waals surface area contributed by atoms with Gasteiger partial charge < -0.3 is 4.74 Å². The van der Waals surface area contributed by atoms with E-state index in [9.17, 15) is 4.79 Å². The van der Waals surface area contributed by atoms with Gasteiger partial charge in [-0.05, 0) is 24.8 Å². The van der Waals surface area contributed by atoms with Crippen molar-refractivity contribution in [1.82, 2.24) is 0 Å². The first-order valence-corrected chi connectivity index (χ1v) is 3.95. The van der Waals surface area contributed by atoms with Crippen LogP contribution < -0.4 is 0 Å². The monoisotopic (exact) mass is 156 g/mol. The molecular weight excluding hydrogens is 140 g/mol. The molecule has 0 saturated heterocycles. The van der Waals surface area contributed by atoms with E-state index in [0.29, 0.717) is 5.92 Å². The van der Waals surface area contributed by atoms with Gasteiger partial charge in [-0.15, -0.1) is 0 Å². The molecule has 11 heavy (non-hydrogen) atoms.